The van der Waals surface area contributed by atoms with Crippen LogP contribution in [0.15, 0.2) is 72.1 Å². The predicted octanol–water partition coefficient (Wildman–Crippen LogP) is 4.06. The monoisotopic (exact) mass is 485 g/mol. The molecule has 1 aliphatic heterocycles. The Morgan fingerprint density at radius 2 is 1.71 bits per heavy atom. The second-order valence-corrected chi connectivity index (χ2v) is 11.2. The van der Waals surface area contributed by atoms with Crippen molar-refractivity contribution >= 4 is 27.7 Å². The summed E-state index contributed by atoms with van der Waals surface area (Å²) in [5.41, 5.74) is -0.343. The normalized spacial score (nSPS) is 19.2. The van der Waals surface area contributed by atoms with Crippen LogP contribution in [0, 0.1) is 0 Å². The Morgan fingerprint density at radius 1 is 1.09 bits per heavy atom. The SMILES string of the molecule is C=CC(=O)NC1CC(C)(C)N(S(=O)(=O)c2ccc(NC(=O)OCc3ccccc3)cc2)C1(C)C. The summed E-state index contributed by atoms with van der Waals surface area (Å²) in [5.74, 6) is -0.345. The van der Waals surface area contributed by atoms with Crippen LogP contribution >= 0.6 is 0 Å². The zero-order chi connectivity index (χ0) is 25.1. The number of rotatable bonds is 7. The third-order valence-corrected chi connectivity index (χ3v) is 8.30. The van der Waals surface area contributed by atoms with Gasteiger partial charge in [-0.2, -0.15) is 4.31 Å². The Bertz CT molecular complexity index is 1160. The Morgan fingerprint density at radius 3 is 2.29 bits per heavy atom. The molecular weight excluding hydrogens is 454 g/mol. The minimum Gasteiger partial charge on any atom is -0.444 e. The van der Waals surface area contributed by atoms with E-state index >= 15 is 0 Å². The number of ether oxygens (including phenoxy) is 1. The molecule has 182 valence electrons. The van der Waals surface area contributed by atoms with Gasteiger partial charge in [-0.15, -0.1) is 0 Å². The second-order valence-electron chi connectivity index (χ2n) is 9.42. The summed E-state index contributed by atoms with van der Waals surface area (Å²) in [6, 6.07) is 14.8. The van der Waals surface area contributed by atoms with Crippen molar-refractivity contribution in [3.05, 3.63) is 72.8 Å². The number of anilines is 1. The summed E-state index contributed by atoms with van der Waals surface area (Å²) >= 11 is 0. The molecule has 2 aromatic carbocycles. The maximum Gasteiger partial charge on any atom is 0.411 e. The van der Waals surface area contributed by atoms with E-state index in [-0.39, 0.29) is 23.5 Å². The predicted molar refractivity (Wildman–Crippen MR) is 131 cm³/mol. The zero-order valence-electron chi connectivity index (χ0n) is 19.9. The van der Waals surface area contributed by atoms with Gasteiger partial charge >= 0.3 is 6.09 Å². The number of sulfonamides is 1. The first-order valence-electron chi connectivity index (χ1n) is 10.9. The summed E-state index contributed by atoms with van der Waals surface area (Å²) in [4.78, 5) is 24.1. The fourth-order valence-corrected chi connectivity index (χ4v) is 6.70. The number of amides is 2. The highest BCUT2D eigenvalue weighted by atomic mass is 32.2. The van der Waals surface area contributed by atoms with Crippen LogP contribution in [0.4, 0.5) is 10.5 Å². The van der Waals surface area contributed by atoms with E-state index in [0.717, 1.165) is 5.56 Å². The summed E-state index contributed by atoms with van der Waals surface area (Å²) in [6.45, 7) is 10.9. The topological polar surface area (TPSA) is 105 Å². The molecule has 1 atom stereocenters. The Balaban J connectivity index is 1.74. The van der Waals surface area contributed by atoms with Crippen molar-refractivity contribution in [2.75, 3.05) is 5.32 Å². The molecule has 3 rings (SSSR count). The van der Waals surface area contributed by atoms with Gasteiger partial charge in [0.2, 0.25) is 15.9 Å². The highest BCUT2D eigenvalue weighted by Crippen LogP contribution is 2.44. The largest absolute Gasteiger partial charge is 0.444 e. The van der Waals surface area contributed by atoms with E-state index in [1.54, 1.807) is 13.8 Å². The van der Waals surface area contributed by atoms with Gasteiger partial charge in [0.05, 0.1) is 10.4 Å². The Kier molecular flexibility index (Phi) is 7.18. The molecule has 34 heavy (non-hydrogen) atoms. The van der Waals surface area contributed by atoms with Crippen molar-refractivity contribution < 1.29 is 22.7 Å². The number of nitrogens with one attached hydrogen (secondary N) is 2. The molecule has 0 bridgehead atoms. The van der Waals surface area contributed by atoms with Crippen LogP contribution in [0.25, 0.3) is 0 Å². The number of carbonyl (C=O) groups is 2. The highest BCUT2D eigenvalue weighted by Gasteiger charge is 2.57. The third-order valence-electron chi connectivity index (χ3n) is 5.98. The van der Waals surface area contributed by atoms with Crippen LogP contribution in [-0.4, -0.2) is 41.8 Å². The number of carbonyl (C=O) groups excluding carboxylic acids is 2. The van der Waals surface area contributed by atoms with Gasteiger partial charge in [0.1, 0.15) is 6.61 Å². The van der Waals surface area contributed by atoms with Gasteiger partial charge in [-0.25, -0.2) is 13.2 Å². The van der Waals surface area contributed by atoms with Crippen LogP contribution in [0.5, 0.6) is 0 Å². The number of hydrogen-bond donors (Lipinski definition) is 2. The summed E-state index contributed by atoms with van der Waals surface area (Å²) in [5, 5.41) is 5.46. The van der Waals surface area contributed by atoms with Crippen molar-refractivity contribution in [1.82, 2.24) is 9.62 Å². The molecule has 1 saturated heterocycles. The highest BCUT2D eigenvalue weighted by molar-refractivity contribution is 7.89. The van der Waals surface area contributed by atoms with E-state index in [4.69, 9.17) is 4.74 Å². The van der Waals surface area contributed by atoms with Crippen LogP contribution in [0.1, 0.15) is 39.7 Å². The van der Waals surface area contributed by atoms with E-state index < -0.39 is 27.2 Å². The van der Waals surface area contributed by atoms with Crippen LogP contribution in [0.2, 0.25) is 0 Å². The Hall–Kier alpha value is -3.17. The molecule has 0 aromatic heterocycles. The van der Waals surface area contributed by atoms with Gasteiger partial charge in [0, 0.05) is 17.3 Å². The van der Waals surface area contributed by atoms with Gasteiger partial charge in [0.25, 0.3) is 0 Å². The maximum absolute atomic E-state index is 13.6. The summed E-state index contributed by atoms with van der Waals surface area (Å²) in [6.07, 6.45) is 0.991. The quantitative estimate of drug-likeness (QED) is 0.576. The molecule has 0 aliphatic carbocycles. The summed E-state index contributed by atoms with van der Waals surface area (Å²) < 4.78 is 33.9. The number of nitrogens with zero attached hydrogens (tertiary/aromatic N) is 1. The lowest BCUT2D eigenvalue weighted by molar-refractivity contribution is -0.117. The maximum atomic E-state index is 13.6. The molecule has 0 spiro atoms. The standard InChI is InChI=1S/C25H31N3O5S/c1-6-22(29)27-21-16-24(2,3)28(25(21,4)5)34(31,32)20-14-12-19(13-15-20)26-23(30)33-17-18-10-8-7-9-11-18/h6-15,21H,1,16-17H2,2-5H3,(H,26,30)(H,27,29). The fraction of sp³-hybridized carbons (Fsp3) is 0.360. The van der Waals surface area contributed by atoms with Crippen LogP contribution in [0.3, 0.4) is 0 Å². The first-order valence-corrected chi connectivity index (χ1v) is 12.4. The lowest BCUT2D eigenvalue weighted by atomic mass is 9.94. The zero-order valence-corrected chi connectivity index (χ0v) is 20.7. The molecule has 0 saturated carbocycles. The minimum atomic E-state index is -3.91. The number of hydrogen-bond acceptors (Lipinski definition) is 5. The molecule has 1 aliphatic rings. The molecule has 1 unspecified atom stereocenters. The fourth-order valence-electron chi connectivity index (χ4n) is 4.54. The molecular formula is C25H31N3O5S. The van der Waals surface area contributed by atoms with E-state index in [1.165, 1.54) is 34.6 Å². The van der Waals surface area contributed by atoms with Gasteiger partial charge in [-0.1, -0.05) is 36.9 Å². The van der Waals surface area contributed by atoms with Crippen LogP contribution in [-0.2, 0) is 26.2 Å². The summed E-state index contributed by atoms with van der Waals surface area (Å²) in [7, 11) is -3.91. The van der Waals surface area contributed by atoms with Crippen molar-refractivity contribution in [3.63, 3.8) is 0 Å². The second kappa shape index (κ2) is 9.60. The molecule has 2 N–H and O–H groups in total. The van der Waals surface area contributed by atoms with E-state index in [2.05, 4.69) is 17.2 Å². The Labute approximate surface area is 201 Å². The number of benzene rings is 2. The van der Waals surface area contributed by atoms with E-state index in [0.29, 0.717) is 12.1 Å². The van der Waals surface area contributed by atoms with Crippen LogP contribution < -0.4 is 10.6 Å². The van der Waals surface area contributed by atoms with E-state index in [9.17, 15) is 18.0 Å². The third kappa shape index (κ3) is 5.31. The lowest BCUT2D eigenvalue weighted by Gasteiger charge is -2.40. The first-order chi connectivity index (χ1) is 15.9. The van der Waals surface area contributed by atoms with Crippen molar-refractivity contribution in [3.8, 4) is 0 Å². The van der Waals surface area contributed by atoms with Gasteiger partial charge in [-0.05, 0) is 70.0 Å². The van der Waals surface area contributed by atoms with Gasteiger partial charge < -0.3 is 10.1 Å². The lowest BCUT2D eigenvalue weighted by Crippen LogP contribution is -2.56. The molecule has 0 radical (unpaired) electrons. The molecule has 9 heteroatoms. The average molecular weight is 486 g/mol. The molecule has 2 aromatic rings. The van der Waals surface area contributed by atoms with E-state index in [1.807, 2.05) is 44.2 Å². The first kappa shape index (κ1) is 25.5. The average Bonchev–Trinajstić information content (AvgIpc) is 2.96. The molecule has 2 amide bonds. The molecule has 1 fully saturated rings. The van der Waals surface area contributed by atoms with Crippen molar-refractivity contribution in [2.24, 2.45) is 0 Å². The van der Waals surface area contributed by atoms with Gasteiger partial charge in [0.15, 0.2) is 0 Å². The van der Waals surface area contributed by atoms with Crippen molar-refractivity contribution in [2.45, 2.75) is 62.7 Å². The molecule has 1 heterocycles. The van der Waals surface area contributed by atoms with Gasteiger partial charge in [-0.3, -0.25) is 10.1 Å². The minimum absolute atomic E-state index is 0.0903. The molecule has 8 nitrogen and oxygen atoms in total. The van der Waals surface area contributed by atoms with Crippen molar-refractivity contribution in [1.29, 1.82) is 0 Å². The smallest absolute Gasteiger partial charge is 0.411 e.